The Kier molecular flexibility index (Phi) is 6.25. The first kappa shape index (κ1) is 22.3. The van der Waals surface area contributed by atoms with Crippen molar-refractivity contribution in [2.75, 3.05) is 0 Å². The van der Waals surface area contributed by atoms with Gasteiger partial charge in [0, 0.05) is 18.0 Å². The first-order chi connectivity index (χ1) is 13.2. The summed E-state index contributed by atoms with van der Waals surface area (Å²) >= 11 is 0. The van der Waals surface area contributed by atoms with Gasteiger partial charge in [0.15, 0.2) is 0 Å². The number of aromatic nitrogens is 1. The van der Waals surface area contributed by atoms with Gasteiger partial charge < -0.3 is 19.9 Å². The van der Waals surface area contributed by atoms with Crippen molar-refractivity contribution in [3.8, 4) is 0 Å². The molecule has 1 aromatic heterocycles. The molecule has 0 aliphatic rings. The van der Waals surface area contributed by atoms with Crippen LogP contribution < -0.4 is 5.32 Å². The standard InChI is InChI=1S/C21H28N2O6/c1-20(2,3)28-18(26)22-15(17(24)25)11-13-7-8-14-9-10-23(16(14)12-13)19(27)29-21(4,5)6/h7-10,12,15H,11H2,1-6H3,(H,22,26)(H,24,25)/t15-/m0/s1. The van der Waals surface area contributed by atoms with Gasteiger partial charge in [0.2, 0.25) is 0 Å². The number of fused-ring (bicyclic) bond motifs is 1. The van der Waals surface area contributed by atoms with Gasteiger partial charge >= 0.3 is 18.2 Å². The van der Waals surface area contributed by atoms with Crippen molar-refractivity contribution in [3.05, 3.63) is 36.0 Å². The maximum atomic E-state index is 12.4. The Hall–Kier alpha value is -3.03. The number of carboxylic acids is 1. The van der Waals surface area contributed by atoms with Crippen LogP contribution in [0.25, 0.3) is 10.9 Å². The highest BCUT2D eigenvalue weighted by molar-refractivity contribution is 5.90. The highest BCUT2D eigenvalue weighted by atomic mass is 16.6. The molecule has 8 nitrogen and oxygen atoms in total. The van der Waals surface area contributed by atoms with E-state index in [0.29, 0.717) is 11.1 Å². The van der Waals surface area contributed by atoms with E-state index in [1.807, 2.05) is 0 Å². The van der Waals surface area contributed by atoms with Crippen LogP contribution in [0, 0.1) is 0 Å². The van der Waals surface area contributed by atoms with E-state index in [9.17, 15) is 19.5 Å². The summed E-state index contributed by atoms with van der Waals surface area (Å²) in [5.74, 6) is -1.18. The molecule has 8 heteroatoms. The summed E-state index contributed by atoms with van der Waals surface area (Å²) < 4.78 is 11.9. The average Bonchev–Trinajstić information content (AvgIpc) is 2.94. The van der Waals surface area contributed by atoms with Crippen LogP contribution in [0.2, 0.25) is 0 Å². The second-order valence-electron chi connectivity index (χ2n) is 8.80. The predicted molar refractivity (Wildman–Crippen MR) is 108 cm³/mol. The van der Waals surface area contributed by atoms with Crippen LogP contribution in [0.4, 0.5) is 9.59 Å². The van der Waals surface area contributed by atoms with Crippen LogP contribution in [0.5, 0.6) is 0 Å². The molecule has 1 atom stereocenters. The molecule has 0 spiro atoms. The van der Waals surface area contributed by atoms with Crippen molar-refractivity contribution in [1.82, 2.24) is 9.88 Å². The van der Waals surface area contributed by atoms with Crippen molar-refractivity contribution >= 4 is 29.1 Å². The van der Waals surface area contributed by atoms with Crippen LogP contribution in [0.15, 0.2) is 30.5 Å². The number of hydrogen-bond donors (Lipinski definition) is 2. The summed E-state index contributed by atoms with van der Waals surface area (Å²) in [5, 5.41) is 12.7. The number of aliphatic carboxylic acids is 1. The van der Waals surface area contributed by atoms with E-state index in [4.69, 9.17) is 9.47 Å². The zero-order valence-corrected chi connectivity index (χ0v) is 17.6. The molecule has 0 aliphatic carbocycles. The molecule has 0 saturated carbocycles. The molecule has 1 aromatic carbocycles. The molecule has 0 bridgehead atoms. The van der Waals surface area contributed by atoms with Crippen LogP contribution in [-0.2, 0) is 20.7 Å². The summed E-state index contributed by atoms with van der Waals surface area (Å²) in [7, 11) is 0. The number of hydrogen-bond acceptors (Lipinski definition) is 5. The Labute approximate surface area is 169 Å². The van der Waals surface area contributed by atoms with Crippen molar-refractivity contribution in [2.45, 2.75) is 65.2 Å². The SMILES string of the molecule is CC(C)(C)OC(=O)N[C@@H](Cc1ccc2ccn(C(=O)OC(C)(C)C)c2c1)C(=O)O. The molecule has 1 amide bonds. The van der Waals surface area contributed by atoms with E-state index in [1.165, 1.54) is 4.57 Å². The molecule has 0 radical (unpaired) electrons. The smallest absolute Gasteiger partial charge is 0.418 e. The monoisotopic (exact) mass is 404 g/mol. The number of amides is 1. The Morgan fingerprint density at radius 3 is 2.21 bits per heavy atom. The van der Waals surface area contributed by atoms with Gasteiger partial charge in [-0.3, -0.25) is 4.57 Å². The second kappa shape index (κ2) is 8.14. The molecule has 1 heterocycles. The molecule has 29 heavy (non-hydrogen) atoms. The number of carboxylic acid groups (broad SMARTS) is 1. The highest BCUT2D eigenvalue weighted by Gasteiger charge is 2.25. The van der Waals surface area contributed by atoms with E-state index in [-0.39, 0.29) is 6.42 Å². The number of carbonyl (C=O) groups excluding carboxylic acids is 2. The fourth-order valence-corrected chi connectivity index (χ4v) is 2.66. The van der Waals surface area contributed by atoms with Gasteiger partial charge in [0.1, 0.15) is 17.2 Å². The minimum absolute atomic E-state index is 0.0318. The summed E-state index contributed by atoms with van der Waals surface area (Å²) in [4.78, 5) is 36.0. The number of nitrogens with one attached hydrogen (secondary N) is 1. The zero-order valence-electron chi connectivity index (χ0n) is 17.6. The predicted octanol–water partition coefficient (Wildman–Crippen LogP) is 3.94. The number of benzene rings is 1. The van der Waals surface area contributed by atoms with Gasteiger partial charge in [-0.05, 0) is 59.2 Å². The molecule has 2 N–H and O–H groups in total. The van der Waals surface area contributed by atoms with Crippen molar-refractivity contribution in [2.24, 2.45) is 0 Å². The van der Waals surface area contributed by atoms with Crippen LogP contribution in [0.3, 0.4) is 0 Å². The summed E-state index contributed by atoms with van der Waals surface area (Å²) in [5.41, 5.74) is -0.139. The van der Waals surface area contributed by atoms with Crippen LogP contribution >= 0.6 is 0 Å². The van der Waals surface area contributed by atoms with Gasteiger partial charge in [0.05, 0.1) is 5.52 Å². The molecule has 0 fully saturated rings. The minimum atomic E-state index is -1.18. The summed E-state index contributed by atoms with van der Waals surface area (Å²) in [6.07, 6.45) is 0.314. The van der Waals surface area contributed by atoms with Gasteiger partial charge in [-0.2, -0.15) is 0 Å². The van der Waals surface area contributed by atoms with Crippen LogP contribution in [0.1, 0.15) is 47.1 Å². The fourth-order valence-electron chi connectivity index (χ4n) is 2.66. The second-order valence-corrected chi connectivity index (χ2v) is 8.80. The summed E-state index contributed by atoms with van der Waals surface area (Å²) in [6, 6.07) is 5.86. The summed E-state index contributed by atoms with van der Waals surface area (Å²) in [6.45, 7) is 10.4. The molecule has 0 saturated heterocycles. The fraction of sp³-hybridized carbons (Fsp3) is 0.476. The van der Waals surface area contributed by atoms with E-state index >= 15 is 0 Å². The lowest BCUT2D eigenvalue weighted by atomic mass is 10.0. The maximum Gasteiger partial charge on any atom is 0.418 e. The third-order valence-corrected chi connectivity index (χ3v) is 3.78. The third-order valence-electron chi connectivity index (χ3n) is 3.78. The van der Waals surface area contributed by atoms with Gasteiger partial charge in [0.25, 0.3) is 0 Å². The van der Waals surface area contributed by atoms with Gasteiger partial charge in [-0.25, -0.2) is 14.4 Å². The van der Waals surface area contributed by atoms with Crippen molar-refractivity contribution < 1.29 is 29.0 Å². The Morgan fingerprint density at radius 1 is 1.03 bits per heavy atom. The topological polar surface area (TPSA) is 107 Å². The van der Waals surface area contributed by atoms with Crippen molar-refractivity contribution in [3.63, 3.8) is 0 Å². The van der Waals surface area contributed by atoms with Gasteiger partial charge in [-0.15, -0.1) is 0 Å². The van der Waals surface area contributed by atoms with E-state index in [1.54, 1.807) is 72.0 Å². The number of alkyl carbamates (subject to hydrolysis) is 1. The largest absolute Gasteiger partial charge is 0.480 e. The number of nitrogens with zero attached hydrogens (tertiary/aromatic N) is 1. The normalized spacial score (nSPS) is 13.0. The first-order valence-corrected chi connectivity index (χ1v) is 9.31. The molecule has 2 aromatic rings. The molecule has 0 unspecified atom stereocenters. The van der Waals surface area contributed by atoms with Crippen LogP contribution in [-0.4, -0.2) is 45.1 Å². The first-order valence-electron chi connectivity index (χ1n) is 9.31. The molecular formula is C21H28N2O6. The lowest BCUT2D eigenvalue weighted by molar-refractivity contribution is -0.139. The number of rotatable bonds is 4. The lowest BCUT2D eigenvalue weighted by Gasteiger charge is -2.22. The van der Waals surface area contributed by atoms with E-state index in [0.717, 1.165) is 5.39 Å². The third kappa shape index (κ3) is 6.51. The average molecular weight is 404 g/mol. The molecule has 2 rings (SSSR count). The molecule has 158 valence electrons. The van der Waals surface area contributed by atoms with Crippen molar-refractivity contribution in [1.29, 1.82) is 0 Å². The lowest BCUT2D eigenvalue weighted by Crippen LogP contribution is -2.44. The van der Waals surface area contributed by atoms with E-state index < -0.39 is 35.4 Å². The molecular weight excluding hydrogens is 376 g/mol. The quantitative estimate of drug-likeness (QED) is 0.799. The highest BCUT2D eigenvalue weighted by Crippen LogP contribution is 2.21. The maximum absolute atomic E-state index is 12.4. The number of carbonyl (C=O) groups is 3. The van der Waals surface area contributed by atoms with E-state index in [2.05, 4.69) is 5.32 Å². The zero-order chi connectivity index (χ0) is 22.0. The molecule has 0 aliphatic heterocycles. The minimum Gasteiger partial charge on any atom is -0.480 e. The van der Waals surface area contributed by atoms with Gasteiger partial charge in [-0.1, -0.05) is 12.1 Å². The Balaban J connectivity index is 2.23. The Bertz CT molecular complexity index is 917. The number of ether oxygens (including phenoxy) is 2. The Morgan fingerprint density at radius 2 is 1.66 bits per heavy atom.